The molecular formula is C24H36N4O5S. The van der Waals surface area contributed by atoms with Crippen LogP contribution in [-0.4, -0.2) is 92.0 Å². The van der Waals surface area contributed by atoms with Gasteiger partial charge in [-0.15, -0.1) is 0 Å². The fraction of sp³-hybridized carbons (Fsp3) is 0.667. The second-order valence-electron chi connectivity index (χ2n) is 10.5. The monoisotopic (exact) mass is 492 g/mol. The Labute approximate surface area is 202 Å². The molecule has 9 nitrogen and oxygen atoms in total. The molecular weight excluding hydrogens is 456 g/mol. The van der Waals surface area contributed by atoms with Gasteiger partial charge in [0.25, 0.3) is 0 Å². The van der Waals surface area contributed by atoms with Crippen molar-refractivity contribution in [2.24, 2.45) is 0 Å². The minimum atomic E-state index is -3.54. The molecule has 2 amide bonds. The van der Waals surface area contributed by atoms with E-state index in [4.69, 9.17) is 4.74 Å². The highest BCUT2D eigenvalue weighted by atomic mass is 32.2. The molecule has 0 bridgehead atoms. The summed E-state index contributed by atoms with van der Waals surface area (Å²) in [6, 6.07) is 5.10. The van der Waals surface area contributed by atoms with Gasteiger partial charge in [-0.3, -0.25) is 9.69 Å². The van der Waals surface area contributed by atoms with E-state index in [-0.39, 0.29) is 29.5 Å². The van der Waals surface area contributed by atoms with Crippen LogP contribution in [0.25, 0.3) is 0 Å². The van der Waals surface area contributed by atoms with Crippen LogP contribution in [0, 0.1) is 0 Å². The predicted molar refractivity (Wildman–Crippen MR) is 129 cm³/mol. The van der Waals surface area contributed by atoms with Gasteiger partial charge in [0.1, 0.15) is 5.60 Å². The van der Waals surface area contributed by atoms with E-state index in [0.717, 1.165) is 18.4 Å². The molecule has 10 heteroatoms. The number of carbonyl (C=O) groups is 2. The van der Waals surface area contributed by atoms with Gasteiger partial charge in [0, 0.05) is 51.0 Å². The van der Waals surface area contributed by atoms with Gasteiger partial charge in [0.2, 0.25) is 15.9 Å². The number of nitrogens with zero attached hydrogens (tertiary/aromatic N) is 4. The van der Waals surface area contributed by atoms with Gasteiger partial charge in [0.15, 0.2) is 0 Å². The molecule has 188 valence electrons. The van der Waals surface area contributed by atoms with Crippen LogP contribution in [0.4, 0.5) is 10.5 Å². The second-order valence-corrected chi connectivity index (χ2v) is 12.4. The van der Waals surface area contributed by atoms with Gasteiger partial charge in [0.05, 0.1) is 11.4 Å². The number of benzene rings is 1. The van der Waals surface area contributed by atoms with E-state index in [2.05, 4.69) is 4.90 Å². The number of carbonyl (C=O) groups excluding carboxylic acids is 2. The maximum atomic E-state index is 13.2. The summed E-state index contributed by atoms with van der Waals surface area (Å²) in [6.07, 6.45) is 2.16. The highest BCUT2D eigenvalue weighted by Crippen LogP contribution is 2.32. The fourth-order valence-electron chi connectivity index (χ4n) is 4.90. The van der Waals surface area contributed by atoms with E-state index in [1.807, 2.05) is 33.8 Å². The van der Waals surface area contributed by atoms with Crippen LogP contribution in [-0.2, 0) is 26.0 Å². The quantitative estimate of drug-likeness (QED) is 0.641. The predicted octanol–water partition coefficient (Wildman–Crippen LogP) is 2.30. The molecule has 3 heterocycles. The van der Waals surface area contributed by atoms with E-state index in [0.29, 0.717) is 51.4 Å². The third kappa shape index (κ3) is 5.23. The SMILES string of the molecule is CC1CN(CC(=O)N2CCc3ccc(S(=O)(=O)N4CCCC4)cc32)CCN1C(=O)OC(C)(C)C. The summed E-state index contributed by atoms with van der Waals surface area (Å²) in [6.45, 7) is 11.0. The van der Waals surface area contributed by atoms with Crippen molar-refractivity contribution in [1.29, 1.82) is 0 Å². The smallest absolute Gasteiger partial charge is 0.410 e. The van der Waals surface area contributed by atoms with Crippen molar-refractivity contribution in [2.75, 3.05) is 50.7 Å². The molecule has 3 aliphatic rings. The number of ether oxygens (including phenoxy) is 1. The van der Waals surface area contributed by atoms with E-state index < -0.39 is 15.6 Å². The molecule has 1 aromatic rings. The fourth-order valence-corrected chi connectivity index (χ4v) is 6.44. The lowest BCUT2D eigenvalue weighted by atomic mass is 10.1. The first-order valence-corrected chi connectivity index (χ1v) is 13.5. The van der Waals surface area contributed by atoms with Gasteiger partial charge in [-0.25, -0.2) is 13.2 Å². The Morgan fingerprint density at radius 2 is 1.76 bits per heavy atom. The van der Waals surface area contributed by atoms with E-state index in [1.54, 1.807) is 21.9 Å². The molecule has 1 atom stereocenters. The zero-order valence-electron chi connectivity index (χ0n) is 20.6. The highest BCUT2D eigenvalue weighted by Gasteiger charge is 2.34. The van der Waals surface area contributed by atoms with Crippen molar-refractivity contribution in [3.05, 3.63) is 23.8 Å². The van der Waals surface area contributed by atoms with Crippen molar-refractivity contribution < 1.29 is 22.7 Å². The zero-order chi connectivity index (χ0) is 24.7. The van der Waals surface area contributed by atoms with Gasteiger partial charge in [-0.1, -0.05) is 6.07 Å². The third-order valence-electron chi connectivity index (χ3n) is 6.65. The number of anilines is 1. The van der Waals surface area contributed by atoms with Gasteiger partial charge in [-0.2, -0.15) is 4.31 Å². The largest absolute Gasteiger partial charge is 0.444 e. The maximum absolute atomic E-state index is 13.2. The summed E-state index contributed by atoms with van der Waals surface area (Å²) in [7, 11) is -3.54. The van der Waals surface area contributed by atoms with Crippen LogP contribution in [0.15, 0.2) is 23.1 Å². The molecule has 0 saturated carbocycles. The van der Waals surface area contributed by atoms with Crippen LogP contribution in [0.3, 0.4) is 0 Å². The summed E-state index contributed by atoms with van der Waals surface area (Å²) >= 11 is 0. The maximum Gasteiger partial charge on any atom is 0.410 e. The highest BCUT2D eigenvalue weighted by molar-refractivity contribution is 7.89. The zero-order valence-corrected chi connectivity index (χ0v) is 21.4. The standard InChI is InChI=1S/C24H36N4O5S/c1-18-16-25(13-14-27(18)23(30)33-24(2,3)4)17-22(29)28-12-9-19-7-8-20(15-21(19)28)34(31,32)26-10-5-6-11-26/h7-8,15,18H,5-6,9-14,16-17H2,1-4H3. The summed E-state index contributed by atoms with van der Waals surface area (Å²) in [5, 5.41) is 0. The Hall–Kier alpha value is -2.17. The average molecular weight is 493 g/mol. The lowest BCUT2D eigenvalue weighted by molar-refractivity contribution is -0.120. The number of piperazine rings is 1. The number of fused-ring (bicyclic) bond motifs is 1. The molecule has 0 radical (unpaired) electrons. The lowest BCUT2D eigenvalue weighted by Gasteiger charge is -2.40. The summed E-state index contributed by atoms with van der Waals surface area (Å²) in [4.78, 5) is 31.4. The molecule has 0 N–H and O–H groups in total. The van der Waals surface area contributed by atoms with Gasteiger partial charge in [-0.05, 0) is 64.7 Å². The van der Waals surface area contributed by atoms with Crippen LogP contribution >= 0.6 is 0 Å². The summed E-state index contributed by atoms with van der Waals surface area (Å²) in [5.74, 6) is -0.0487. The van der Waals surface area contributed by atoms with E-state index in [1.165, 1.54) is 4.31 Å². The molecule has 34 heavy (non-hydrogen) atoms. The van der Waals surface area contributed by atoms with Gasteiger partial charge >= 0.3 is 6.09 Å². The Morgan fingerprint density at radius 3 is 2.41 bits per heavy atom. The third-order valence-corrected chi connectivity index (χ3v) is 8.55. The Balaban J connectivity index is 1.41. The van der Waals surface area contributed by atoms with Crippen molar-refractivity contribution in [2.45, 2.75) is 63.5 Å². The molecule has 0 aliphatic carbocycles. The molecule has 3 aliphatic heterocycles. The summed E-state index contributed by atoms with van der Waals surface area (Å²) < 4.78 is 33.0. The lowest BCUT2D eigenvalue weighted by Crippen LogP contribution is -2.56. The Kier molecular flexibility index (Phi) is 6.94. The van der Waals surface area contributed by atoms with Crippen molar-refractivity contribution in [3.8, 4) is 0 Å². The number of hydrogen-bond donors (Lipinski definition) is 0. The molecule has 1 aromatic carbocycles. The number of hydrogen-bond acceptors (Lipinski definition) is 6. The molecule has 0 spiro atoms. The Morgan fingerprint density at radius 1 is 1.06 bits per heavy atom. The van der Waals surface area contributed by atoms with E-state index >= 15 is 0 Å². The molecule has 2 saturated heterocycles. The minimum absolute atomic E-state index is 0.0487. The normalized spacial score (nSPS) is 22.2. The number of rotatable bonds is 4. The average Bonchev–Trinajstić information content (AvgIpc) is 3.42. The van der Waals surface area contributed by atoms with Crippen molar-refractivity contribution in [1.82, 2.24) is 14.1 Å². The van der Waals surface area contributed by atoms with Crippen LogP contribution < -0.4 is 4.90 Å². The van der Waals surface area contributed by atoms with E-state index in [9.17, 15) is 18.0 Å². The van der Waals surface area contributed by atoms with Crippen molar-refractivity contribution in [3.63, 3.8) is 0 Å². The first-order valence-electron chi connectivity index (χ1n) is 12.1. The molecule has 1 unspecified atom stereocenters. The van der Waals surface area contributed by atoms with Crippen LogP contribution in [0.2, 0.25) is 0 Å². The van der Waals surface area contributed by atoms with Gasteiger partial charge < -0.3 is 14.5 Å². The molecule has 2 fully saturated rings. The topological polar surface area (TPSA) is 90.5 Å². The van der Waals surface area contributed by atoms with Crippen LogP contribution in [0.1, 0.15) is 46.1 Å². The van der Waals surface area contributed by atoms with Crippen LogP contribution in [0.5, 0.6) is 0 Å². The first kappa shape index (κ1) is 24.9. The number of amides is 2. The number of sulfonamides is 1. The van der Waals surface area contributed by atoms with Crippen molar-refractivity contribution >= 4 is 27.7 Å². The minimum Gasteiger partial charge on any atom is -0.444 e. The molecule has 0 aromatic heterocycles. The molecule has 4 rings (SSSR count). The summed E-state index contributed by atoms with van der Waals surface area (Å²) in [5.41, 5.74) is 1.15. The first-order chi connectivity index (χ1) is 16.0. The Bertz CT molecular complexity index is 1050. The second kappa shape index (κ2) is 9.47.